The second kappa shape index (κ2) is 8.84. The molecule has 0 saturated heterocycles. The summed E-state index contributed by atoms with van der Waals surface area (Å²) in [5.41, 5.74) is 0.276. The highest BCUT2D eigenvalue weighted by Crippen LogP contribution is 2.02. The summed E-state index contributed by atoms with van der Waals surface area (Å²) in [7, 11) is 0. The van der Waals surface area contributed by atoms with Crippen molar-refractivity contribution in [3.8, 4) is 0 Å². The monoisotopic (exact) mass is 279 g/mol. The number of amides is 2. The Balaban J connectivity index is 2.35. The molecule has 1 aromatic rings. The quantitative estimate of drug-likeness (QED) is 0.646. The summed E-state index contributed by atoms with van der Waals surface area (Å²) in [5, 5.41) is 16.1. The van der Waals surface area contributed by atoms with Crippen molar-refractivity contribution >= 4 is 17.6 Å². The van der Waals surface area contributed by atoms with Gasteiger partial charge in [-0.3, -0.25) is 9.59 Å². The first kappa shape index (κ1) is 15.9. The summed E-state index contributed by atoms with van der Waals surface area (Å²) in [5.74, 6) is 0.304. The standard InChI is InChI=1S/C13H21N5O2/c1-3-8-16-12(19)7-9-15-11-6-5-10(17-18-11)13(20)14-4-2/h5-6H,3-4,7-9H2,1-2H3,(H,14,20)(H,15,18)(H,16,19). The first-order valence-corrected chi connectivity index (χ1v) is 6.79. The van der Waals surface area contributed by atoms with Gasteiger partial charge in [-0.1, -0.05) is 6.92 Å². The largest absolute Gasteiger partial charge is 0.368 e. The van der Waals surface area contributed by atoms with Gasteiger partial charge in [-0.2, -0.15) is 0 Å². The fourth-order valence-electron chi connectivity index (χ4n) is 1.46. The minimum atomic E-state index is -0.245. The molecule has 0 bridgehead atoms. The lowest BCUT2D eigenvalue weighted by Crippen LogP contribution is -2.26. The van der Waals surface area contributed by atoms with Crippen molar-refractivity contribution in [2.24, 2.45) is 0 Å². The van der Waals surface area contributed by atoms with E-state index in [1.807, 2.05) is 13.8 Å². The molecule has 3 N–H and O–H groups in total. The maximum Gasteiger partial charge on any atom is 0.271 e. The molecule has 0 aliphatic carbocycles. The summed E-state index contributed by atoms with van der Waals surface area (Å²) < 4.78 is 0. The van der Waals surface area contributed by atoms with E-state index in [1.165, 1.54) is 0 Å². The van der Waals surface area contributed by atoms with Crippen LogP contribution in [-0.4, -0.2) is 41.6 Å². The van der Waals surface area contributed by atoms with E-state index in [0.717, 1.165) is 6.42 Å². The van der Waals surface area contributed by atoms with Crippen LogP contribution in [0.2, 0.25) is 0 Å². The number of rotatable bonds is 8. The summed E-state index contributed by atoms with van der Waals surface area (Å²) in [4.78, 5) is 22.8. The van der Waals surface area contributed by atoms with Gasteiger partial charge in [-0.15, -0.1) is 10.2 Å². The van der Waals surface area contributed by atoms with Crippen LogP contribution in [0.3, 0.4) is 0 Å². The molecule has 0 aliphatic rings. The van der Waals surface area contributed by atoms with Crippen LogP contribution in [-0.2, 0) is 4.79 Å². The average molecular weight is 279 g/mol. The molecule has 0 aromatic carbocycles. The molecule has 20 heavy (non-hydrogen) atoms. The Morgan fingerprint density at radius 1 is 1.10 bits per heavy atom. The molecule has 7 nitrogen and oxygen atoms in total. The van der Waals surface area contributed by atoms with Gasteiger partial charge in [0.25, 0.3) is 5.91 Å². The summed E-state index contributed by atoms with van der Waals surface area (Å²) in [6, 6.07) is 3.26. The highest BCUT2D eigenvalue weighted by Gasteiger charge is 2.06. The van der Waals surface area contributed by atoms with Gasteiger partial charge in [0, 0.05) is 26.1 Å². The van der Waals surface area contributed by atoms with Crippen molar-refractivity contribution in [3.05, 3.63) is 17.8 Å². The highest BCUT2D eigenvalue weighted by atomic mass is 16.2. The molecular weight excluding hydrogens is 258 g/mol. The van der Waals surface area contributed by atoms with E-state index < -0.39 is 0 Å². The van der Waals surface area contributed by atoms with Gasteiger partial charge in [0.2, 0.25) is 5.91 Å². The van der Waals surface area contributed by atoms with Gasteiger partial charge in [-0.05, 0) is 25.5 Å². The van der Waals surface area contributed by atoms with E-state index in [1.54, 1.807) is 12.1 Å². The molecule has 0 radical (unpaired) electrons. The lowest BCUT2D eigenvalue weighted by Gasteiger charge is -2.06. The lowest BCUT2D eigenvalue weighted by molar-refractivity contribution is -0.120. The number of anilines is 1. The molecule has 1 heterocycles. The second-order valence-corrected chi connectivity index (χ2v) is 4.19. The van der Waals surface area contributed by atoms with E-state index in [2.05, 4.69) is 26.1 Å². The predicted octanol–water partition coefficient (Wildman–Crippen LogP) is 0.554. The maximum absolute atomic E-state index is 11.5. The lowest BCUT2D eigenvalue weighted by atomic mass is 10.3. The summed E-state index contributed by atoms with van der Waals surface area (Å²) >= 11 is 0. The SMILES string of the molecule is CCCNC(=O)CCNc1ccc(C(=O)NCC)nn1. The van der Waals surface area contributed by atoms with Crippen LogP contribution in [0.5, 0.6) is 0 Å². The molecular formula is C13H21N5O2. The molecule has 0 spiro atoms. The van der Waals surface area contributed by atoms with Crippen LogP contribution in [0.1, 0.15) is 37.2 Å². The predicted molar refractivity (Wildman–Crippen MR) is 76.4 cm³/mol. The summed E-state index contributed by atoms with van der Waals surface area (Å²) in [6.07, 6.45) is 1.30. The minimum absolute atomic E-state index is 0.00579. The van der Waals surface area contributed by atoms with Crippen LogP contribution in [0.25, 0.3) is 0 Å². The zero-order chi connectivity index (χ0) is 14.8. The molecule has 0 aliphatic heterocycles. The fraction of sp³-hybridized carbons (Fsp3) is 0.538. The third-order valence-corrected chi connectivity index (χ3v) is 2.46. The van der Waals surface area contributed by atoms with Crippen molar-refractivity contribution in [1.82, 2.24) is 20.8 Å². The maximum atomic E-state index is 11.5. The van der Waals surface area contributed by atoms with Gasteiger partial charge in [-0.25, -0.2) is 0 Å². The smallest absolute Gasteiger partial charge is 0.271 e. The molecule has 0 unspecified atom stereocenters. The van der Waals surface area contributed by atoms with E-state index in [9.17, 15) is 9.59 Å². The third-order valence-electron chi connectivity index (χ3n) is 2.46. The van der Waals surface area contributed by atoms with Crippen LogP contribution < -0.4 is 16.0 Å². The molecule has 7 heteroatoms. The second-order valence-electron chi connectivity index (χ2n) is 4.19. The zero-order valence-corrected chi connectivity index (χ0v) is 11.9. The average Bonchev–Trinajstić information content (AvgIpc) is 2.46. The van der Waals surface area contributed by atoms with Crippen molar-refractivity contribution in [2.45, 2.75) is 26.7 Å². The van der Waals surface area contributed by atoms with E-state index in [4.69, 9.17) is 0 Å². The fourth-order valence-corrected chi connectivity index (χ4v) is 1.46. The number of hydrogen-bond donors (Lipinski definition) is 3. The van der Waals surface area contributed by atoms with Crippen LogP contribution in [0, 0.1) is 0 Å². The molecule has 110 valence electrons. The number of aromatic nitrogens is 2. The Labute approximate surface area is 118 Å². The molecule has 0 fully saturated rings. The van der Waals surface area contributed by atoms with Gasteiger partial charge >= 0.3 is 0 Å². The topological polar surface area (TPSA) is 96.0 Å². The van der Waals surface area contributed by atoms with Gasteiger partial charge in [0.15, 0.2) is 5.69 Å². The van der Waals surface area contributed by atoms with E-state index in [-0.39, 0.29) is 17.5 Å². The van der Waals surface area contributed by atoms with E-state index >= 15 is 0 Å². The van der Waals surface area contributed by atoms with Gasteiger partial charge in [0.1, 0.15) is 5.82 Å². The first-order chi connectivity index (χ1) is 9.67. The summed E-state index contributed by atoms with van der Waals surface area (Å²) in [6.45, 7) is 5.56. The van der Waals surface area contributed by atoms with Crippen molar-refractivity contribution < 1.29 is 9.59 Å². The van der Waals surface area contributed by atoms with Crippen LogP contribution in [0.4, 0.5) is 5.82 Å². The molecule has 1 aromatic heterocycles. The highest BCUT2D eigenvalue weighted by molar-refractivity contribution is 5.92. The molecule has 2 amide bonds. The molecule has 1 rings (SSSR count). The Morgan fingerprint density at radius 2 is 1.90 bits per heavy atom. The van der Waals surface area contributed by atoms with Crippen molar-refractivity contribution in [3.63, 3.8) is 0 Å². The Morgan fingerprint density at radius 3 is 2.50 bits per heavy atom. The molecule has 0 saturated carbocycles. The number of carbonyl (C=O) groups excluding carboxylic acids is 2. The number of nitrogens with zero attached hydrogens (tertiary/aromatic N) is 2. The molecule has 0 atom stereocenters. The normalized spacial score (nSPS) is 9.90. The Kier molecular flexibility index (Phi) is 7.02. The Bertz CT molecular complexity index is 433. The minimum Gasteiger partial charge on any atom is -0.368 e. The van der Waals surface area contributed by atoms with E-state index in [0.29, 0.717) is 31.9 Å². The van der Waals surface area contributed by atoms with Crippen LogP contribution in [0.15, 0.2) is 12.1 Å². The number of hydrogen-bond acceptors (Lipinski definition) is 5. The van der Waals surface area contributed by atoms with Crippen LogP contribution >= 0.6 is 0 Å². The van der Waals surface area contributed by atoms with Crippen molar-refractivity contribution in [2.75, 3.05) is 25.0 Å². The zero-order valence-electron chi connectivity index (χ0n) is 11.9. The third kappa shape index (κ3) is 5.64. The van der Waals surface area contributed by atoms with Crippen molar-refractivity contribution in [1.29, 1.82) is 0 Å². The first-order valence-electron chi connectivity index (χ1n) is 6.79. The number of nitrogens with one attached hydrogen (secondary N) is 3. The number of carbonyl (C=O) groups is 2. The van der Waals surface area contributed by atoms with Gasteiger partial charge < -0.3 is 16.0 Å². The van der Waals surface area contributed by atoms with Gasteiger partial charge in [0.05, 0.1) is 0 Å². The Hall–Kier alpha value is -2.18.